The van der Waals surface area contributed by atoms with E-state index in [-0.39, 0.29) is 25.7 Å². The maximum absolute atomic E-state index is 13.1. The molecule has 0 saturated heterocycles. The molecule has 0 heterocycles. The van der Waals surface area contributed by atoms with Gasteiger partial charge < -0.3 is 33.8 Å². The number of hydrogen-bond acceptors (Lipinski definition) is 15. The molecule has 0 aliphatic rings. The average molecular weight is 1420 g/mol. The lowest BCUT2D eigenvalue weighted by Crippen LogP contribution is -2.30. The first-order chi connectivity index (χ1) is 47.2. The first kappa shape index (κ1) is 95.1. The van der Waals surface area contributed by atoms with Gasteiger partial charge in [0.1, 0.15) is 19.3 Å². The molecule has 0 aliphatic heterocycles. The Morgan fingerprint density at radius 3 is 0.608 bits per heavy atom. The number of unbranched alkanes of at least 4 members (excludes halogenated alkanes) is 53. The zero-order chi connectivity index (χ0) is 71.1. The predicted molar refractivity (Wildman–Crippen MR) is 395 cm³/mol. The molecule has 0 aliphatic carbocycles. The molecule has 0 rings (SSSR count). The van der Waals surface area contributed by atoms with Gasteiger partial charge in [0.05, 0.1) is 26.4 Å². The van der Waals surface area contributed by atoms with E-state index in [1.807, 2.05) is 0 Å². The van der Waals surface area contributed by atoms with Crippen LogP contribution in [0.1, 0.15) is 419 Å². The van der Waals surface area contributed by atoms with Crippen molar-refractivity contribution in [3.63, 3.8) is 0 Å². The molecule has 17 nitrogen and oxygen atoms in total. The van der Waals surface area contributed by atoms with Crippen LogP contribution < -0.4 is 0 Å². The summed E-state index contributed by atoms with van der Waals surface area (Å²) in [5, 5.41) is 10.6. The SMILES string of the molecule is CCCCCCCCCCCCCCCCCCCCCCCC(=O)O[C@H](COC(=O)CCCCCCCCCCCCCCCCCC)COP(=O)(O)OC[C@@H](O)COP(=O)(O)OC[C@@H](COC(=O)CCCCCCCCCC)OC(=O)CCCCCCCCCCCCCC. The van der Waals surface area contributed by atoms with Crippen molar-refractivity contribution in [1.82, 2.24) is 0 Å². The highest BCUT2D eigenvalue weighted by molar-refractivity contribution is 7.47. The average Bonchev–Trinajstić information content (AvgIpc) is 0.985. The maximum atomic E-state index is 13.1. The summed E-state index contributed by atoms with van der Waals surface area (Å²) in [6.45, 7) is 4.98. The number of hydrogen-bond donors (Lipinski definition) is 3. The van der Waals surface area contributed by atoms with Crippen LogP contribution in [0.15, 0.2) is 0 Å². The van der Waals surface area contributed by atoms with Crippen molar-refractivity contribution in [3.8, 4) is 0 Å². The Hall–Kier alpha value is -1.94. The summed E-state index contributed by atoms with van der Waals surface area (Å²) < 4.78 is 68.5. The fraction of sp³-hybridized carbons (Fsp3) is 0.949. The molecule has 0 spiro atoms. The molecule has 0 aromatic rings. The molecule has 0 radical (unpaired) electrons. The minimum absolute atomic E-state index is 0.108. The van der Waals surface area contributed by atoms with Gasteiger partial charge in [0.25, 0.3) is 0 Å². The highest BCUT2D eigenvalue weighted by Crippen LogP contribution is 2.45. The summed E-state index contributed by atoms with van der Waals surface area (Å²) in [4.78, 5) is 72.8. The Kier molecular flexibility index (Phi) is 71.0. The number of ether oxygens (including phenoxy) is 4. The number of phosphoric ester groups is 2. The van der Waals surface area contributed by atoms with Crippen molar-refractivity contribution in [2.75, 3.05) is 39.6 Å². The maximum Gasteiger partial charge on any atom is 0.472 e. The molecule has 3 N–H and O–H groups in total. The number of carbonyl (C=O) groups is 4. The number of phosphoric acid groups is 2. The summed E-state index contributed by atoms with van der Waals surface area (Å²) in [7, 11) is -9.91. The Morgan fingerprint density at radius 2 is 0.412 bits per heavy atom. The number of aliphatic hydroxyl groups excluding tert-OH is 1. The van der Waals surface area contributed by atoms with E-state index in [0.29, 0.717) is 25.7 Å². The van der Waals surface area contributed by atoms with Gasteiger partial charge in [-0.05, 0) is 25.7 Å². The van der Waals surface area contributed by atoms with Gasteiger partial charge in [-0.2, -0.15) is 0 Å². The molecule has 0 aromatic heterocycles. The molecule has 0 saturated carbocycles. The van der Waals surface area contributed by atoms with E-state index in [1.54, 1.807) is 0 Å². The molecular formula is C78H152O17P2. The van der Waals surface area contributed by atoms with Gasteiger partial charge in [0.15, 0.2) is 12.2 Å². The molecule has 2 unspecified atom stereocenters. The zero-order valence-corrected chi connectivity index (χ0v) is 64.8. The molecule has 5 atom stereocenters. The minimum atomic E-state index is -4.96. The first-order valence-corrected chi connectivity index (χ1v) is 43.8. The smallest absolute Gasteiger partial charge is 0.462 e. The fourth-order valence-electron chi connectivity index (χ4n) is 12.1. The summed E-state index contributed by atoms with van der Waals surface area (Å²) >= 11 is 0. The summed E-state index contributed by atoms with van der Waals surface area (Å²) in [6, 6.07) is 0. The van der Waals surface area contributed by atoms with Crippen molar-refractivity contribution in [2.45, 2.75) is 438 Å². The lowest BCUT2D eigenvalue weighted by Gasteiger charge is -2.21. The Balaban J connectivity index is 5.18. The van der Waals surface area contributed by atoms with Crippen LogP contribution in [0.4, 0.5) is 0 Å². The molecule has 0 aromatic carbocycles. The van der Waals surface area contributed by atoms with E-state index in [1.165, 1.54) is 250 Å². The van der Waals surface area contributed by atoms with E-state index < -0.39 is 97.5 Å². The lowest BCUT2D eigenvalue weighted by atomic mass is 10.0. The molecule has 0 bridgehead atoms. The van der Waals surface area contributed by atoms with Crippen LogP contribution in [-0.2, 0) is 65.4 Å². The van der Waals surface area contributed by atoms with E-state index in [2.05, 4.69) is 27.7 Å². The van der Waals surface area contributed by atoms with Crippen molar-refractivity contribution in [2.24, 2.45) is 0 Å². The standard InChI is InChI=1S/C78H152O17P2/c1-5-9-13-17-21-25-28-31-33-35-36-37-38-39-41-43-46-49-53-57-61-65-78(83)95-74(69-89-76(81)63-59-55-51-47-45-42-40-34-32-29-26-22-18-14-10-6-2)71-93-97(86,87)91-67-72(79)66-90-96(84,85)92-70-73(68-88-75(80)62-58-54-50-24-20-16-12-8-4)94-77(82)64-60-56-52-48-44-30-27-23-19-15-11-7-3/h72-74,79H,5-71H2,1-4H3,(H,84,85)(H,86,87)/t72-,73+,74+/m0/s1. The van der Waals surface area contributed by atoms with Crippen LogP contribution in [0.3, 0.4) is 0 Å². The number of carbonyl (C=O) groups excluding carboxylic acids is 4. The van der Waals surface area contributed by atoms with Crippen LogP contribution in [0.2, 0.25) is 0 Å². The largest absolute Gasteiger partial charge is 0.472 e. The lowest BCUT2D eigenvalue weighted by molar-refractivity contribution is -0.161. The normalized spacial score (nSPS) is 13.8. The molecule has 576 valence electrons. The summed E-state index contributed by atoms with van der Waals surface area (Å²) in [5.74, 6) is -2.11. The minimum Gasteiger partial charge on any atom is -0.462 e. The van der Waals surface area contributed by atoms with Gasteiger partial charge in [0, 0.05) is 25.7 Å². The fourth-order valence-corrected chi connectivity index (χ4v) is 13.7. The van der Waals surface area contributed by atoms with Crippen molar-refractivity contribution in [3.05, 3.63) is 0 Å². The van der Waals surface area contributed by atoms with Crippen molar-refractivity contribution < 1.29 is 80.2 Å². The van der Waals surface area contributed by atoms with Gasteiger partial charge >= 0.3 is 39.5 Å². The third-order valence-corrected chi connectivity index (χ3v) is 20.3. The third kappa shape index (κ3) is 72.2. The summed E-state index contributed by atoms with van der Waals surface area (Å²) in [5.41, 5.74) is 0. The second-order valence-electron chi connectivity index (χ2n) is 28.1. The van der Waals surface area contributed by atoms with Crippen LogP contribution >= 0.6 is 15.6 Å². The van der Waals surface area contributed by atoms with Gasteiger partial charge in [-0.3, -0.25) is 37.3 Å². The Labute approximate surface area is 594 Å². The highest BCUT2D eigenvalue weighted by atomic mass is 31.2. The number of esters is 4. The van der Waals surface area contributed by atoms with Gasteiger partial charge in [0.2, 0.25) is 0 Å². The second-order valence-corrected chi connectivity index (χ2v) is 31.0. The summed E-state index contributed by atoms with van der Waals surface area (Å²) in [6.07, 6.45) is 63.9. The first-order valence-electron chi connectivity index (χ1n) is 40.8. The van der Waals surface area contributed by atoms with Crippen LogP contribution in [-0.4, -0.2) is 96.7 Å². The van der Waals surface area contributed by atoms with E-state index >= 15 is 0 Å². The quantitative estimate of drug-likeness (QED) is 0.0222. The van der Waals surface area contributed by atoms with Crippen molar-refractivity contribution >= 4 is 39.5 Å². The van der Waals surface area contributed by atoms with E-state index in [4.69, 9.17) is 37.0 Å². The van der Waals surface area contributed by atoms with E-state index in [0.717, 1.165) is 89.9 Å². The second kappa shape index (κ2) is 72.4. The van der Waals surface area contributed by atoms with Gasteiger partial charge in [-0.25, -0.2) is 9.13 Å². The van der Waals surface area contributed by atoms with E-state index in [9.17, 15) is 43.2 Å². The topological polar surface area (TPSA) is 237 Å². The third-order valence-electron chi connectivity index (χ3n) is 18.4. The Bertz CT molecular complexity index is 1840. The molecule has 0 amide bonds. The number of rotatable bonds is 79. The molecular weight excluding hydrogens is 1270 g/mol. The van der Waals surface area contributed by atoms with Crippen LogP contribution in [0.5, 0.6) is 0 Å². The zero-order valence-electron chi connectivity index (χ0n) is 63.1. The predicted octanol–water partition coefficient (Wildman–Crippen LogP) is 23.4. The van der Waals surface area contributed by atoms with Crippen LogP contribution in [0, 0.1) is 0 Å². The molecule has 19 heteroatoms. The highest BCUT2D eigenvalue weighted by Gasteiger charge is 2.30. The monoisotopic (exact) mass is 1420 g/mol. The van der Waals surface area contributed by atoms with Gasteiger partial charge in [-0.15, -0.1) is 0 Å². The van der Waals surface area contributed by atoms with Gasteiger partial charge in [-0.1, -0.05) is 368 Å². The Morgan fingerprint density at radius 1 is 0.247 bits per heavy atom. The van der Waals surface area contributed by atoms with Crippen molar-refractivity contribution in [1.29, 1.82) is 0 Å². The van der Waals surface area contributed by atoms with Crippen LogP contribution in [0.25, 0.3) is 0 Å². The molecule has 0 fully saturated rings. The number of aliphatic hydroxyl groups is 1. The molecule has 97 heavy (non-hydrogen) atoms.